The van der Waals surface area contributed by atoms with Gasteiger partial charge in [0.05, 0.1) is 6.04 Å². The number of aromatic nitrogens is 3. The fourth-order valence-electron chi connectivity index (χ4n) is 3.93. The zero-order valence-electron chi connectivity index (χ0n) is 15.9. The van der Waals surface area contributed by atoms with Crippen molar-refractivity contribution in [3.8, 4) is 5.82 Å². The van der Waals surface area contributed by atoms with Gasteiger partial charge in [-0.1, -0.05) is 6.07 Å². The molecule has 0 bridgehead atoms. The van der Waals surface area contributed by atoms with Gasteiger partial charge in [-0.05, 0) is 56.3 Å². The molecule has 0 spiro atoms. The first kappa shape index (κ1) is 18.6. The van der Waals surface area contributed by atoms with E-state index >= 15 is 0 Å². The minimum Gasteiger partial charge on any atom is -0.354 e. The predicted molar refractivity (Wildman–Crippen MR) is 104 cm³/mol. The second kappa shape index (κ2) is 8.52. The first-order valence-electron chi connectivity index (χ1n) is 9.98. The van der Waals surface area contributed by atoms with Crippen LogP contribution >= 0.6 is 0 Å². The van der Waals surface area contributed by atoms with Crippen LogP contribution in [0.2, 0.25) is 0 Å². The van der Waals surface area contributed by atoms with Crippen molar-refractivity contribution >= 4 is 11.8 Å². The zero-order valence-corrected chi connectivity index (χ0v) is 15.9. The van der Waals surface area contributed by atoms with E-state index in [0.717, 1.165) is 38.8 Å². The molecular formula is C20H26N6O2. The number of nitrogens with one attached hydrogen (secondary N) is 2. The highest BCUT2D eigenvalue weighted by Gasteiger charge is 2.27. The molecule has 2 aromatic rings. The molecule has 4 heterocycles. The van der Waals surface area contributed by atoms with Gasteiger partial charge in [0.25, 0.3) is 5.91 Å². The fourth-order valence-corrected chi connectivity index (χ4v) is 3.93. The van der Waals surface area contributed by atoms with Crippen molar-refractivity contribution in [2.75, 3.05) is 26.2 Å². The van der Waals surface area contributed by atoms with E-state index in [0.29, 0.717) is 24.6 Å². The third-order valence-electron chi connectivity index (χ3n) is 5.44. The Bertz CT molecular complexity index is 816. The molecule has 2 N–H and O–H groups in total. The molecule has 8 heteroatoms. The average Bonchev–Trinajstić information content (AvgIpc) is 3.46. The lowest BCUT2D eigenvalue weighted by Crippen LogP contribution is -2.46. The molecule has 4 rings (SSSR count). The van der Waals surface area contributed by atoms with Crippen LogP contribution in [0.4, 0.5) is 0 Å². The molecule has 0 aliphatic carbocycles. The second-order valence-corrected chi connectivity index (χ2v) is 7.49. The van der Waals surface area contributed by atoms with Crippen molar-refractivity contribution < 1.29 is 9.59 Å². The van der Waals surface area contributed by atoms with Gasteiger partial charge in [0.1, 0.15) is 5.69 Å². The lowest BCUT2D eigenvalue weighted by molar-refractivity contribution is -0.123. The molecule has 28 heavy (non-hydrogen) atoms. The van der Waals surface area contributed by atoms with Crippen molar-refractivity contribution in [2.24, 2.45) is 5.92 Å². The maximum atomic E-state index is 13.0. The Hall–Kier alpha value is -2.74. The summed E-state index contributed by atoms with van der Waals surface area (Å²) in [6.45, 7) is 2.89. The smallest absolute Gasteiger partial charge is 0.272 e. The molecule has 8 nitrogen and oxygen atoms in total. The zero-order chi connectivity index (χ0) is 19.3. The number of carbonyl (C=O) groups excluding carboxylic acids is 2. The van der Waals surface area contributed by atoms with Crippen LogP contribution in [0.25, 0.3) is 5.82 Å². The van der Waals surface area contributed by atoms with Crippen LogP contribution in [0, 0.1) is 5.92 Å². The van der Waals surface area contributed by atoms with E-state index in [9.17, 15) is 9.59 Å². The molecule has 2 aromatic heterocycles. The van der Waals surface area contributed by atoms with E-state index in [4.69, 9.17) is 0 Å². The Kier molecular flexibility index (Phi) is 5.66. The van der Waals surface area contributed by atoms with Crippen molar-refractivity contribution in [1.29, 1.82) is 0 Å². The van der Waals surface area contributed by atoms with Gasteiger partial charge in [0.15, 0.2) is 5.82 Å². The van der Waals surface area contributed by atoms with Crippen LogP contribution in [0.1, 0.15) is 36.2 Å². The topological polar surface area (TPSA) is 92.2 Å². The Morgan fingerprint density at radius 1 is 1.21 bits per heavy atom. The van der Waals surface area contributed by atoms with Gasteiger partial charge in [0.2, 0.25) is 5.91 Å². The van der Waals surface area contributed by atoms with E-state index in [1.54, 1.807) is 23.1 Å². The summed E-state index contributed by atoms with van der Waals surface area (Å²) in [6.07, 6.45) is 7.39. The highest BCUT2D eigenvalue weighted by Crippen LogP contribution is 2.18. The summed E-state index contributed by atoms with van der Waals surface area (Å²) in [6, 6.07) is 7.16. The number of rotatable bonds is 5. The van der Waals surface area contributed by atoms with Crippen LogP contribution in [-0.4, -0.2) is 63.7 Å². The van der Waals surface area contributed by atoms with Crippen LogP contribution in [0.5, 0.6) is 0 Å². The number of likely N-dealkylation sites (tertiary alicyclic amines) is 1. The monoisotopic (exact) mass is 382 g/mol. The van der Waals surface area contributed by atoms with Crippen LogP contribution in [0.3, 0.4) is 0 Å². The van der Waals surface area contributed by atoms with Crippen molar-refractivity contribution in [1.82, 2.24) is 30.3 Å². The number of carbonyl (C=O) groups is 2. The number of nitrogens with zero attached hydrogens (tertiary/aromatic N) is 4. The third-order valence-corrected chi connectivity index (χ3v) is 5.44. The number of hydrogen-bond acceptors (Lipinski definition) is 5. The van der Waals surface area contributed by atoms with Gasteiger partial charge in [-0.3, -0.25) is 9.59 Å². The summed E-state index contributed by atoms with van der Waals surface area (Å²) in [5.74, 6) is 0.912. The van der Waals surface area contributed by atoms with Gasteiger partial charge in [-0.15, -0.1) is 0 Å². The van der Waals surface area contributed by atoms with Crippen LogP contribution < -0.4 is 10.6 Å². The predicted octanol–water partition coefficient (Wildman–Crippen LogP) is 0.988. The minimum atomic E-state index is -0.0671. The van der Waals surface area contributed by atoms with E-state index < -0.39 is 0 Å². The Balaban J connectivity index is 1.35. The second-order valence-electron chi connectivity index (χ2n) is 7.49. The summed E-state index contributed by atoms with van der Waals surface area (Å²) in [7, 11) is 0. The maximum Gasteiger partial charge on any atom is 0.272 e. The van der Waals surface area contributed by atoms with Crippen LogP contribution in [-0.2, 0) is 4.79 Å². The highest BCUT2D eigenvalue weighted by molar-refractivity contribution is 5.92. The SMILES string of the molecule is O=C(NCC1CCCN(C(=O)c2cccc(-n3cccn3)n2)C1)C1CCCN1. The summed E-state index contributed by atoms with van der Waals surface area (Å²) in [4.78, 5) is 31.5. The number of piperidine rings is 1. The van der Waals surface area contributed by atoms with E-state index in [1.165, 1.54) is 0 Å². The molecule has 2 aliphatic heterocycles. The molecule has 148 valence electrons. The molecule has 2 amide bonds. The molecule has 2 atom stereocenters. The standard InChI is InChI=1S/C20H26N6O2/c27-19(16-7-2-9-21-16)22-13-15-5-3-11-25(14-15)20(28)17-6-1-8-18(24-17)26-12-4-10-23-26/h1,4,6,8,10,12,15-16,21H,2-3,5,7,9,11,13-14H2,(H,22,27). The Morgan fingerprint density at radius 2 is 2.14 bits per heavy atom. The van der Waals surface area contributed by atoms with Crippen molar-refractivity contribution in [3.63, 3.8) is 0 Å². The van der Waals surface area contributed by atoms with Crippen molar-refractivity contribution in [3.05, 3.63) is 42.4 Å². The van der Waals surface area contributed by atoms with E-state index in [2.05, 4.69) is 20.7 Å². The number of amides is 2. The quantitative estimate of drug-likeness (QED) is 0.805. The van der Waals surface area contributed by atoms with Crippen LogP contribution in [0.15, 0.2) is 36.7 Å². The maximum absolute atomic E-state index is 13.0. The summed E-state index contributed by atoms with van der Waals surface area (Å²) in [5.41, 5.74) is 0.424. The van der Waals surface area contributed by atoms with Gasteiger partial charge in [-0.25, -0.2) is 9.67 Å². The summed E-state index contributed by atoms with van der Waals surface area (Å²) >= 11 is 0. The van der Waals surface area contributed by atoms with Crippen molar-refractivity contribution in [2.45, 2.75) is 31.7 Å². The summed E-state index contributed by atoms with van der Waals surface area (Å²) in [5, 5.41) is 10.4. The molecule has 0 radical (unpaired) electrons. The molecular weight excluding hydrogens is 356 g/mol. The number of hydrogen-bond donors (Lipinski definition) is 2. The van der Waals surface area contributed by atoms with E-state index in [1.807, 2.05) is 23.1 Å². The van der Waals surface area contributed by atoms with Gasteiger partial charge >= 0.3 is 0 Å². The molecule has 2 aliphatic rings. The molecule has 2 unspecified atom stereocenters. The van der Waals surface area contributed by atoms with E-state index in [-0.39, 0.29) is 23.8 Å². The summed E-state index contributed by atoms with van der Waals surface area (Å²) < 4.78 is 1.64. The minimum absolute atomic E-state index is 0.0597. The lowest BCUT2D eigenvalue weighted by Gasteiger charge is -2.33. The average molecular weight is 382 g/mol. The first-order valence-corrected chi connectivity index (χ1v) is 9.98. The Labute approximate surface area is 164 Å². The van der Waals surface area contributed by atoms with Gasteiger partial charge in [-0.2, -0.15) is 5.10 Å². The molecule has 2 saturated heterocycles. The molecule has 0 aromatic carbocycles. The number of pyridine rings is 1. The fraction of sp³-hybridized carbons (Fsp3) is 0.500. The first-order chi connectivity index (χ1) is 13.7. The largest absolute Gasteiger partial charge is 0.354 e. The molecule has 0 saturated carbocycles. The highest BCUT2D eigenvalue weighted by atomic mass is 16.2. The molecule has 2 fully saturated rings. The third kappa shape index (κ3) is 4.22. The Morgan fingerprint density at radius 3 is 2.93 bits per heavy atom. The van der Waals surface area contributed by atoms with Gasteiger partial charge in [0, 0.05) is 32.0 Å². The lowest BCUT2D eigenvalue weighted by atomic mass is 9.97. The van der Waals surface area contributed by atoms with Gasteiger partial charge < -0.3 is 15.5 Å². The normalized spacial score (nSPS) is 22.2.